The highest BCUT2D eigenvalue weighted by atomic mass is 35.5. The molecule has 0 aromatic heterocycles. The molecule has 1 heterocycles. The van der Waals surface area contributed by atoms with Crippen molar-refractivity contribution in [2.45, 2.75) is 26.3 Å². The first-order chi connectivity index (χ1) is 12.2. The van der Waals surface area contributed by atoms with Crippen molar-refractivity contribution >= 4 is 34.8 Å². The summed E-state index contributed by atoms with van der Waals surface area (Å²) in [5, 5.41) is 0.548. The average molecular weight is 373 g/mol. The second-order valence-electron chi connectivity index (χ2n) is 7.01. The number of ether oxygens (including phenoxy) is 1. The van der Waals surface area contributed by atoms with Crippen LogP contribution in [0.1, 0.15) is 31.9 Å². The Kier molecular flexibility index (Phi) is 4.80. The summed E-state index contributed by atoms with van der Waals surface area (Å²) >= 11 is 6.03. The number of anilines is 1. The topological polar surface area (TPSA) is 24.8 Å². The smallest absolute Gasteiger partial charge is 0.144 e. The Hall–Kier alpha value is -2.33. The molecule has 0 unspecified atom stereocenters. The number of nitrogens with zero attached hydrogens (tertiary/aromatic N) is 2. The van der Waals surface area contributed by atoms with Crippen LogP contribution in [0, 0.1) is 5.82 Å². The Labute approximate surface area is 158 Å². The lowest BCUT2D eigenvalue weighted by Gasteiger charge is -2.40. The van der Waals surface area contributed by atoms with Crippen LogP contribution in [0.5, 0.6) is 5.75 Å². The number of likely N-dealkylation sites (N-methyl/N-ethyl adjacent to an activating group) is 1. The molecule has 0 bridgehead atoms. The highest BCUT2D eigenvalue weighted by Crippen LogP contribution is 2.39. The molecule has 0 atom stereocenters. The molecule has 0 fully saturated rings. The van der Waals surface area contributed by atoms with Gasteiger partial charge in [0.2, 0.25) is 0 Å². The predicted octanol–water partition coefficient (Wildman–Crippen LogP) is 5.87. The van der Waals surface area contributed by atoms with Crippen molar-refractivity contribution in [2.24, 2.45) is 4.99 Å². The van der Waals surface area contributed by atoms with E-state index in [1.807, 2.05) is 20.0 Å². The van der Waals surface area contributed by atoms with Crippen molar-refractivity contribution < 1.29 is 9.13 Å². The lowest BCUT2D eigenvalue weighted by molar-refractivity contribution is 0.416. The normalized spacial score (nSPS) is 15.8. The molecule has 0 spiro atoms. The number of hydrogen-bond donors (Lipinski definition) is 0. The zero-order valence-corrected chi connectivity index (χ0v) is 16.4. The van der Waals surface area contributed by atoms with Gasteiger partial charge in [0.1, 0.15) is 17.3 Å². The fraction of sp³-hybridized carbons (Fsp3) is 0.286. The van der Waals surface area contributed by atoms with E-state index in [9.17, 15) is 4.39 Å². The number of allylic oxidation sites excluding steroid dienone is 1. The van der Waals surface area contributed by atoms with Crippen LogP contribution in [0.4, 0.5) is 15.8 Å². The van der Waals surface area contributed by atoms with E-state index in [0.717, 1.165) is 16.8 Å². The zero-order chi connectivity index (χ0) is 19.1. The minimum absolute atomic E-state index is 0.159. The number of halogens is 2. The monoisotopic (exact) mass is 372 g/mol. The molecule has 3 nitrogen and oxygen atoms in total. The second-order valence-corrected chi connectivity index (χ2v) is 7.44. The van der Waals surface area contributed by atoms with Gasteiger partial charge in [0.25, 0.3) is 0 Å². The molecular formula is C21H22ClFN2O. The molecule has 2 aromatic rings. The fourth-order valence-electron chi connectivity index (χ4n) is 3.19. The van der Waals surface area contributed by atoms with E-state index in [0.29, 0.717) is 22.0 Å². The van der Waals surface area contributed by atoms with Gasteiger partial charge in [-0.15, -0.1) is 0 Å². The minimum Gasteiger partial charge on any atom is -0.494 e. The molecule has 0 N–H and O–H groups in total. The van der Waals surface area contributed by atoms with Crippen molar-refractivity contribution in [1.82, 2.24) is 0 Å². The van der Waals surface area contributed by atoms with Gasteiger partial charge in [0.05, 0.1) is 12.6 Å². The number of aliphatic imine (C=N–C) groups is 1. The van der Waals surface area contributed by atoms with E-state index >= 15 is 0 Å². The Balaban J connectivity index is 2.04. The number of methoxy groups -OCH3 is 1. The molecule has 0 amide bonds. The van der Waals surface area contributed by atoms with Gasteiger partial charge in [0.15, 0.2) is 0 Å². The van der Waals surface area contributed by atoms with E-state index in [-0.39, 0.29) is 11.4 Å². The van der Waals surface area contributed by atoms with Crippen LogP contribution in [0.15, 0.2) is 41.4 Å². The van der Waals surface area contributed by atoms with Gasteiger partial charge in [-0.25, -0.2) is 4.39 Å². The van der Waals surface area contributed by atoms with Gasteiger partial charge in [-0.1, -0.05) is 17.7 Å². The van der Waals surface area contributed by atoms with Crippen molar-refractivity contribution in [3.63, 3.8) is 0 Å². The van der Waals surface area contributed by atoms with E-state index in [4.69, 9.17) is 16.3 Å². The van der Waals surface area contributed by atoms with Crippen LogP contribution in [0.2, 0.25) is 5.02 Å². The summed E-state index contributed by atoms with van der Waals surface area (Å²) in [6.07, 6.45) is 3.70. The van der Waals surface area contributed by atoms with Crippen LogP contribution in [-0.2, 0) is 0 Å². The maximum atomic E-state index is 14.7. The minimum atomic E-state index is -0.314. The first-order valence-corrected chi connectivity index (χ1v) is 8.75. The Morgan fingerprint density at radius 3 is 2.65 bits per heavy atom. The van der Waals surface area contributed by atoms with E-state index in [2.05, 4.69) is 29.8 Å². The van der Waals surface area contributed by atoms with Crippen LogP contribution in [0.3, 0.4) is 0 Å². The maximum absolute atomic E-state index is 14.7. The summed E-state index contributed by atoms with van der Waals surface area (Å²) < 4.78 is 20.0. The van der Waals surface area contributed by atoms with Crippen molar-refractivity contribution in [1.29, 1.82) is 0 Å². The molecule has 26 heavy (non-hydrogen) atoms. The highest BCUT2D eigenvalue weighted by Gasteiger charge is 2.29. The summed E-state index contributed by atoms with van der Waals surface area (Å²) in [4.78, 5) is 6.47. The third-order valence-corrected chi connectivity index (χ3v) is 5.05. The SMILES string of the molecule is COc1ccc(Cl)cc1N=Cc1cc2c(cc1F)N(C)C(C)(C)C=C2C. The first kappa shape index (κ1) is 18.5. The van der Waals surface area contributed by atoms with Gasteiger partial charge >= 0.3 is 0 Å². The van der Waals surface area contributed by atoms with Crippen LogP contribution >= 0.6 is 11.6 Å². The molecule has 5 heteroatoms. The van der Waals surface area contributed by atoms with Gasteiger partial charge in [-0.05, 0) is 56.7 Å². The van der Waals surface area contributed by atoms with Crippen molar-refractivity contribution in [3.05, 3.63) is 58.4 Å². The molecule has 0 radical (unpaired) electrons. The molecule has 0 saturated heterocycles. The van der Waals surface area contributed by atoms with E-state index in [1.54, 1.807) is 31.4 Å². The predicted molar refractivity (Wildman–Crippen MR) is 108 cm³/mol. The number of benzene rings is 2. The van der Waals surface area contributed by atoms with Gasteiger partial charge < -0.3 is 9.64 Å². The quantitative estimate of drug-likeness (QED) is 0.629. The zero-order valence-electron chi connectivity index (χ0n) is 15.6. The van der Waals surface area contributed by atoms with Crippen molar-refractivity contribution in [2.75, 3.05) is 19.1 Å². The molecule has 136 valence electrons. The molecule has 0 saturated carbocycles. The highest BCUT2D eigenvalue weighted by molar-refractivity contribution is 6.30. The van der Waals surface area contributed by atoms with Crippen LogP contribution in [0.25, 0.3) is 5.57 Å². The summed E-state index contributed by atoms with van der Waals surface area (Å²) in [5.41, 5.74) is 3.83. The molecule has 0 aliphatic carbocycles. The molecule has 1 aliphatic rings. The Morgan fingerprint density at radius 1 is 1.23 bits per heavy atom. The third-order valence-electron chi connectivity index (χ3n) is 4.82. The Bertz CT molecular complexity index is 918. The largest absolute Gasteiger partial charge is 0.494 e. The summed E-state index contributed by atoms with van der Waals surface area (Å²) in [7, 11) is 3.54. The standard InChI is InChI=1S/C21H22ClFN2O/c1-13-11-21(2,3)25(4)19-10-17(23)14(8-16(13)19)12-24-18-9-15(22)6-7-20(18)26-5/h6-12H,1-5H3. The third kappa shape index (κ3) is 3.34. The second kappa shape index (κ2) is 6.76. The van der Waals surface area contributed by atoms with E-state index in [1.165, 1.54) is 6.21 Å². The first-order valence-electron chi connectivity index (χ1n) is 8.38. The number of fused-ring (bicyclic) bond motifs is 1. The maximum Gasteiger partial charge on any atom is 0.144 e. The lowest BCUT2D eigenvalue weighted by Crippen LogP contribution is -2.42. The summed E-state index contributed by atoms with van der Waals surface area (Å²) in [5.74, 6) is 0.271. The van der Waals surface area contributed by atoms with Crippen LogP contribution < -0.4 is 9.64 Å². The van der Waals surface area contributed by atoms with Gasteiger partial charge in [-0.2, -0.15) is 0 Å². The Morgan fingerprint density at radius 2 is 1.96 bits per heavy atom. The van der Waals surface area contributed by atoms with Crippen molar-refractivity contribution in [3.8, 4) is 5.75 Å². The van der Waals surface area contributed by atoms with E-state index < -0.39 is 0 Å². The van der Waals surface area contributed by atoms with Gasteiger partial charge in [0, 0.05) is 35.1 Å². The molecular weight excluding hydrogens is 351 g/mol. The lowest BCUT2D eigenvalue weighted by atomic mass is 9.88. The average Bonchev–Trinajstić information content (AvgIpc) is 2.58. The number of hydrogen-bond acceptors (Lipinski definition) is 3. The molecule has 3 rings (SSSR count). The van der Waals surface area contributed by atoms with Gasteiger partial charge in [-0.3, -0.25) is 4.99 Å². The molecule has 1 aliphatic heterocycles. The fourth-order valence-corrected chi connectivity index (χ4v) is 3.36. The van der Waals surface area contributed by atoms with Crippen LogP contribution in [-0.4, -0.2) is 25.9 Å². The number of rotatable bonds is 3. The summed E-state index contributed by atoms with van der Waals surface area (Å²) in [6, 6.07) is 8.56. The molecule has 2 aromatic carbocycles. The summed E-state index contributed by atoms with van der Waals surface area (Å²) in [6.45, 7) is 6.27.